The van der Waals surface area contributed by atoms with Crippen molar-refractivity contribution in [1.29, 1.82) is 0 Å². The van der Waals surface area contributed by atoms with Crippen molar-refractivity contribution in [3.8, 4) is 11.5 Å². The van der Waals surface area contributed by atoms with E-state index in [1.165, 1.54) is 16.7 Å². The highest BCUT2D eigenvalue weighted by Gasteiger charge is 2.33. The summed E-state index contributed by atoms with van der Waals surface area (Å²) in [7, 11) is 0. The largest absolute Gasteiger partial charge is 0.507 e. The number of phenols is 1. The molecular formula is C29H44O3. The Bertz CT molecular complexity index is 888. The molecule has 2 rings (SSSR count). The van der Waals surface area contributed by atoms with Crippen LogP contribution in [-0.4, -0.2) is 22.4 Å². The van der Waals surface area contributed by atoms with Crippen molar-refractivity contribution in [3.63, 3.8) is 0 Å². The van der Waals surface area contributed by atoms with Crippen LogP contribution in [0.4, 0.5) is 0 Å². The lowest BCUT2D eigenvalue weighted by molar-refractivity contribution is 0.0558. The summed E-state index contributed by atoms with van der Waals surface area (Å²) < 4.78 is 6.55. The molecule has 3 heteroatoms. The molecule has 3 nitrogen and oxygen atoms in total. The van der Waals surface area contributed by atoms with E-state index in [1.54, 1.807) is 0 Å². The fourth-order valence-corrected chi connectivity index (χ4v) is 4.46. The molecule has 1 aromatic rings. The number of aliphatic hydroxyl groups is 1. The Morgan fingerprint density at radius 3 is 2.03 bits per heavy atom. The maximum Gasteiger partial charge on any atom is 0.127 e. The van der Waals surface area contributed by atoms with Crippen molar-refractivity contribution >= 4 is 0 Å². The number of allylic oxidation sites excluding steroid dienone is 5. The van der Waals surface area contributed by atoms with Gasteiger partial charge in [0.1, 0.15) is 17.1 Å². The molecule has 0 aliphatic carbocycles. The van der Waals surface area contributed by atoms with Crippen molar-refractivity contribution in [1.82, 2.24) is 0 Å². The van der Waals surface area contributed by atoms with E-state index in [0.29, 0.717) is 5.75 Å². The smallest absolute Gasteiger partial charge is 0.127 e. The zero-order valence-corrected chi connectivity index (χ0v) is 21.4. The summed E-state index contributed by atoms with van der Waals surface area (Å²) in [5.74, 6) is 1.42. The van der Waals surface area contributed by atoms with Crippen molar-refractivity contribution in [2.24, 2.45) is 0 Å². The fraction of sp³-hybridized carbons (Fsp3) is 0.586. The van der Waals surface area contributed by atoms with Crippen LogP contribution in [0, 0.1) is 20.8 Å². The molecule has 0 bridgehead atoms. The lowest BCUT2D eigenvalue weighted by atomic mass is 9.85. The van der Waals surface area contributed by atoms with Gasteiger partial charge in [0.25, 0.3) is 0 Å². The Morgan fingerprint density at radius 1 is 0.875 bits per heavy atom. The second-order valence-electron chi connectivity index (χ2n) is 10.0. The van der Waals surface area contributed by atoms with Gasteiger partial charge in [-0.15, -0.1) is 0 Å². The Hall–Kier alpha value is -2.00. The molecule has 0 spiro atoms. The van der Waals surface area contributed by atoms with Gasteiger partial charge in [0.15, 0.2) is 0 Å². The first-order valence-corrected chi connectivity index (χ1v) is 12.2. The standard InChI is InChI=1S/C29H44O3/c1-20(13-9-14-22(3)19-30)11-8-12-21(2)15-10-17-29(7)18-16-26-25(6)27(31)23(4)24(5)28(26)32-29/h11,14-15,30-31H,8-10,12-13,16-19H2,1-7H3/b20-11+,21-15-,22-14-/t29-/m1/s1. The van der Waals surface area contributed by atoms with Gasteiger partial charge in [-0.25, -0.2) is 0 Å². The third-order valence-corrected chi connectivity index (χ3v) is 7.07. The molecule has 1 aliphatic rings. The first-order valence-electron chi connectivity index (χ1n) is 12.2. The Labute approximate surface area is 195 Å². The summed E-state index contributed by atoms with van der Waals surface area (Å²) in [6, 6.07) is 0. The molecule has 0 amide bonds. The van der Waals surface area contributed by atoms with Gasteiger partial charge in [-0.3, -0.25) is 0 Å². The molecule has 1 atom stereocenters. The Kier molecular flexibility index (Phi) is 9.64. The molecule has 0 saturated carbocycles. The van der Waals surface area contributed by atoms with Gasteiger partial charge < -0.3 is 14.9 Å². The van der Waals surface area contributed by atoms with Crippen LogP contribution in [-0.2, 0) is 6.42 Å². The predicted octanol–water partition coefficient (Wildman–Crippen LogP) is 7.57. The van der Waals surface area contributed by atoms with E-state index in [4.69, 9.17) is 9.84 Å². The number of fused-ring (bicyclic) bond motifs is 1. The van der Waals surface area contributed by atoms with Gasteiger partial charge in [-0.2, -0.15) is 0 Å². The lowest BCUT2D eigenvalue weighted by Gasteiger charge is -2.38. The lowest BCUT2D eigenvalue weighted by Crippen LogP contribution is -2.37. The van der Waals surface area contributed by atoms with Crippen LogP contribution in [0.2, 0.25) is 0 Å². The molecule has 0 unspecified atom stereocenters. The van der Waals surface area contributed by atoms with Crippen LogP contribution in [0.1, 0.15) is 94.9 Å². The zero-order chi connectivity index (χ0) is 23.9. The van der Waals surface area contributed by atoms with Crippen molar-refractivity contribution in [2.75, 3.05) is 6.61 Å². The quantitative estimate of drug-likeness (QED) is 0.369. The monoisotopic (exact) mass is 440 g/mol. The molecule has 0 fully saturated rings. The minimum atomic E-state index is -0.152. The van der Waals surface area contributed by atoms with E-state index in [2.05, 4.69) is 45.9 Å². The number of benzene rings is 1. The first kappa shape index (κ1) is 26.3. The van der Waals surface area contributed by atoms with Crippen LogP contribution in [0.5, 0.6) is 11.5 Å². The SMILES string of the molecule is C/C(=C/CC/C(C)=C/CC/C(C)=C\CC[C@]1(C)CCc2c(C)c(O)c(C)c(C)c2O1)CO. The minimum Gasteiger partial charge on any atom is -0.507 e. The van der Waals surface area contributed by atoms with Crippen LogP contribution in [0.3, 0.4) is 0 Å². The topological polar surface area (TPSA) is 49.7 Å². The van der Waals surface area contributed by atoms with E-state index in [1.807, 2.05) is 20.8 Å². The van der Waals surface area contributed by atoms with Crippen molar-refractivity contribution in [3.05, 3.63) is 57.2 Å². The number of rotatable bonds is 10. The number of aromatic hydroxyl groups is 1. The molecule has 178 valence electrons. The third-order valence-electron chi connectivity index (χ3n) is 7.07. The zero-order valence-electron chi connectivity index (χ0n) is 21.4. The van der Waals surface area contributed by atoms with Gasteiger partial charge in [0, 0.05) is 5.56 Å². The summed E-state index contributed by atoms with van der Waals surface area (Å²) in [5.41, 5.74) is 7.93. The van der Waals surface area contributed by atoms with Crippen LogP contribution in [0.25, 0.3) is 0 Å². The van der Waals surface area contributed by atoms with E-state index in [-0.39, 0.29) is 12.2 Å². The summed E-state index contributed by atoms with van der Waals surface area (Å²) in [6.45, 7) is 14.8. The molecule has 1 heterocycles. The van der Waals surface area contributed by atoms with Gasteiger partial charge in [-0.05, 0) is 117 Å². The molecule has 1 aliphatic heterocycles. The van der Waals surface area contributed by atoms with Crippen LogP contribution in [0.15, 0.2) is 34.9 Å². The maximum atomic E-state index is 10.4. The maximum absolute atomic E-state index is 10.4. The summed E-state index contributed by atoms with van der Waals surface area (Å²) in [5, 5.41) is 19.4. The summed E-state index contributed by atoms with van der Waals surface area (Å²) in [6.07, 6.45) is 15.1. The van der Waals surface area contributed by atoms with E-state index >= 15 is 0 Å². The second-order valence-corrected chi connectivity index (χ2v) is 10.0. The number of aliphatic hydroxyl groups excluding tert-OH is 1. The molecule has 1 aromatic carbocycles. The predicted molar refractivity (Wildman–Crippen MR) is 136 cm³/mol. The fourth-order valence-electron chi connectivity index (χ4n) is 4.46. The highest BCUT2D eigenvalue weighted by Crippen LogP contribution is 2.44. The van der Waals surface area contributed by atoms with Gasteiger partial charge in [0.2, 0.25) is 0 Å². The van der Waals surface area contributed by atoms with E-state index in [0.717, 1.165) is 79.4 Å². The van der Waals surface area contributed by atoms with Crippen LogP contribution < -0.4 is 4.74 Å². The highest BCUT2D eigenvalue weighted by molar-refractivity contribution is 5.58. The summed E-state index contributed by atoms with van der Waals surface area (Å²) >= 11 is 0. The minimum absolute atomic E-state index is 0.152. The average molecular weight is 441 g/mol. The molecule has 0 saturated heterocycles. The molecule has 0 aromatic heterocycles. The van der Waals surface area contributed by atoms with Gasteiger partial charge in [0.05, 0.1) is 6.61 Å². The Morgan fingerprint density at radius 2 is 1.44 bits per heavy atom. The van der Waals surface area contributed by atoms with E-state index < -0.39 is 0 Å². The normalized spacial score (nSPS) is 19.7. The molecule has 2 N–H and O–H groups in total. The van der Waals surface area contributed by atoms with E-state index in [9.17, 15) is 5.11 Å². The summed E-state index contributed by atoms with van der Waals surface area (Å²) in [4.78, 5) is 0. The van der Waals surface area contributed by atoms with Crippen molar-refractivity contribution < 1.29 is 14.9 Å². The molecule has 32 heavy (non-hydrogen) atoms. The molecule has 0 radical (unpaired) electrons. The van der Waals surface area contributed by atoms with Crippen molar-refractivity contribution in [2.45, 2.75) is 105 Å². The number of ether oxygens (including phenoxy) is 1. The highest BCUT2D eigenvalue weighted by atomic mass is 16.5. The number of phenolic OH excluding ortho intramolecular Hbond substituents is 1. The molecular weight excluding hydrogens is 396 g/mol. The van der Waals surface area contributed by atoms with Gasteiger partial charge >= 0.3 is 0 Å². The Balaban J connectivity index is 1.86. The number of hydrogen-bond donors (Lipinski definition) is 2. The van der Waals surface area contributed by atoms with Crippen LogP contribution >= 0.6 is 0 Å². The third kappa shape index (κ3) is 7.00. The number of hydrogen-bond acceptors (Lipinski definition) is 3. The second kappa shape index (κ2) is 11.7. The first-order chi connectivity index (χ1) is 15.1. The van der Waals surface area contributed by atoms with Gasteiger partial charge in [-0.1, -0.05) is 34.9 Å². The average Bonchev–Trinajstić information content (AvgIpc) is 2.75.